The summed E-state index contributed by atoms with van der Waals surface area (Å²) in [5.41, 5.74) is 4.59. The number of nitrogens with one attached hydrogen (secondary N) is 2. The van der Waals surface area contributed by atoms with Gasteiger partial charge in [0, 0.05) is 48.7 Å². The maximum absolute atomic E-state index is 12.6. The second-order valence-corrected chi connectivity index (χ2v) is 7.86. The van der Waals surface area contributed by atoms with Crippen molar-refractivity contribution in [2.24, 2.45) is 0 Å². The molecular formula is C22H23F3N6O2. The fraction of sp³-hybridized carbons (Fsp3) is 0.364. The number of rotatable bonds is 4. The number of alkyl halides is 3. The summed E-state index contributed by atoms with van der Waals surface area (Å²) in [5.74, 6) is 0.479. The van der Waals surface area contributed by atoms with Gasteiger partial charge in [-0.2, -0.15) is 4.98 Å². The maximum atomic E-state index is 12.6. The van der Waals surface area contributed by atoms with E-state index in [9.17, 15) is 18.0 Å². The van der Waals surface area contributed by atoms with E-state index in [1.807, 2.05) is 32.0 Å². The molecule has 0 bridgehead atoms. The molecule has 0 radical (unpaired) electrons. The SMILES string of the molecule is CNc1ncc2cc(-c3cc(NC(=O)N4CC[C@@H](OC(F)(F)F)C4)ccc3C)c(C)nc2n1. The Hall–Kier alpha value is -3.47. The molecule has 1 fully saturated rings. The molecule has 2 amide bonds. The van der Waals surface area contributed by atoms with Crippen LogP contribution in [0.5, 0.6) is 0 Å². The zero-order valence-corrected chi connectivity index (χ0v) is 18.3. The molecule has 1 aromatic carbocycles. The van der Waals surface area contributed by atoms with Crippen LogP contribution in [-0.2, 0) is 4.74 Å². The van der Waals surface area contributed by atoms with Crippen molar-refractivity contribution in [2.45, 2.75) is 32.7 Å². The number of halogens is 3. The first-order valence-electron chi connectivity index (χ1n) is 10.4. The number of fused-ring (bicyclic) bond motifs is 1. The third-order valence-electron chi connectivity index (χ3n) is 5.49. The molecule has 2 aromatic heterocycles. The number of carbonyl (C=O) groups is 1. The molecule has 4 rings (SSSR count). The molecule has 174 valence electrons. The highest BCUT2D eigenvalue weighted by Crippen LogP contribution is 2.31. The molecule has 2 N–H and O–H groups in total. The number of hydrogen-bond acceptors (Lipinski definition) is 6. The Kier molecular flexibility index (Phi) is 6.07. The van der Waals surface area contributed by atoms with Crippen LogP contribution in [0, 0.1) is 13.8 Å². The van der Waals surface area contributed by atoms with E-state index in [4.69, 9.17) is 0 Å². The van der Waals surface area contributed by atoms with E-state index < -0.39 is 18.5 Å². The number of aryl methyl sites for hydroxylation is 2. The predicted octanol–water partition coefficient (Wildman–Crippen LogP) is 4.49. The lowest BCUT2D eigenvalue weighted by molar-refractivity contribution is -0.340. The smallest absolute Gasteiger partial charge is 0.357 e. The molecule has 0 spiro atoms. The highest BCUT2D eigenvalue weighted by Gasteiger charge is 2.37. The minimum Gasteiger partial charge on any atom is -0.357 e. The minimum absolute atomic E-state index is 0.119. The van der Waals surface area contributed by atoms with E-state index in [1.165, 1.54) is 4.90 Å². The van der Waals surface area contributed by atoms with E-state index >= 15 is 0 Å². The lowest BCUT2D eigenvalue weighted by Gasteiger charge is -2.19. The van der Waals surface area contributed by atoms with Gasteiger partial charge in [0.05, 0.1) is 6.10 Å². The molecule has 11 heteroatoms. The van der Waals surface area contributed by atoms with Gasteiger partial charge in [0.1, 0.15) is 0 Å². The van der Waals surface area contributed by atoms with Gasteiger partial charge in [-0.15, -0.1) is 13.2 Å². The van der Waals surface area contributed by atoms with E-state index in [2.05, 4.69) is 30.3 Å². The molecular weight excluding hydrogens is 437 g/mol. The summed E-state index contributed by atoms with van der Waals surface area (Å²) in [6, 6.07) is 6.92. The monoisotopic (exact) mass is 460 g/mol. The highest BCUT2D eigenvalue weighted by atomic mass is 19.4. The van der Waals surface area contributed by atoms with E-state index in [1.54, 1.807) is 19.3 Å². The van der Waals surface area contributed by atoms with Crippen LogP contribution in [0.1, 0.15) is 17.7 Å². The normalized spacial score (nSPS) is 16.3. The van der Waals surface area contributed by atoms with Gasteiger partial charge >= 0.3 is 12.4 Å². The third kappa shape index (κ3) is 5.14. The Morgan fingerprint density at radius 3 is 2.70 bits per heavy atom. The number of benzene rings is 1. The summed E-state index contributed by atoms with van der Waals surface area (Å²) in [4.78, 5) is 27.1. The predicted molar refractivity (Wildman–Crippen MR) is 118 cm³/mol. The summed E-state index contributed by atoms with van der Waals surface area (Å²) < 4.78 is 41.4. The van der Waals surface area contributed by atoms with Crippen LogP contribution in [0.2, 0.25) is 0 Å². The highest BCUT2D eigenvalue weighted by molar-refractivity contribution is 5.91. The van der Waals surface area contributed by atoms with Crippen LogP contribution in [-0.4, -0.2) is 58.5 Å². The molecule has 33 heavy (non-hydrogen) atoms. The van der Waals surface area contributed by atoms with Crippen molar-refractivity contribution in [3.63, 3.8) is 0 Å². The molecule has 0 unspecified atom stereocenters. The van der Waals surface area contributed by atoms with Crippen molar-refractivity contribution in [3.05, 3.63) is 41.7 Å². The Morgan fingerprint density at radius 1 is 1.18 bits per heavy atom. The van der Waals surface area contributed by atoms with Gasteiger partial charge in [0.15, 0.2) is 5.65 Å². The fourth-order valence-electron chi connectivity index (χ4n) is 3.84. The number of urea groups is 1. The van der Waals surface area contributed by atoms with Gasteiger partial charge in [0.25, 0.3) is 0 Å². The molecule has 1 saturated heterocycles. The summed E-state index contributed by atoms with van der Waals surface area (Å²) >= 11 is 0. The van der Waals surface area contributed by atoms with Crippen LogP contribution in [0.15, 0.2) is 30.5 Å². The number of nitrogens with zero attached hydrogens (tertiary/aromatic N) is 4. The number of anilines is 2. The molecule has 3 aromatic rings. The fourth-order valence-corrected chi connectivity index (χ4v) is 3.84. The first-order chi connectivity index (χ1) is 15.6. The van der Waals surface area contributed by atoms with Gasteiger partial charge in [-0.25, -0.2) is 14.8 Å². The Labute approximate surface area is 188 Å². The summed E-state index contributed by atoms with van der Waals surface area (Å²) in [6.07, 6.45) is -3.95. The molecule has 3 heterocycles. The number of aromatic nitrogens is 3. The molecule has 8 nitrogen and oxygen atoms in total. The van der Waals surface area contributed by atoms with Crippen LogP contribution in [0.4, 0.5) is 29.6 Å². The van der Waals surface area contributed by atoms with Gasteiger partial charge < -0.3 is 15.5 Å². The second-order valence-electron chi connectivity index (χ2n) is 7.86. The number of amides is 2. The standard InChI is InChI=1S/C22H23F3N6O2/c1-12-4-5-15(29-21(32)31-7-6-16(11-31)33-22(23,24)25)9-17(12)18-8-14-10-27-20(26-3)30-19(14)28-13(18)2/h4-5,8-10,16H,6-7,11H2,1-3H3,(H,29,32)(H,26,27,28,30)/t16-/m1/s1. The quantitative estimate of drug-likeness (QED) is 0.596. The largest absolute Gasteiger partial charge is 0.522 e. The van der Waals surface area contributed by atoms with Gasteiger partial charge in [0.2, 0.25) is 5.95 Å². The van der Waals surface area contributed by atoms with Crippen LogP contribution >= 0.6 is 0 Å². The van der Waals surface area contributed by atoms with Gasteiger partial charge in [-0.05, 0) is 49.6 Å². The van der Waals surface area contributed by atoms with E-state index in [0.29, 0.717) is 17.3 Å². The summed E-state index contributed by atoms with van der Waals surface area (Å²) in [7, 11) is 1.73. The second kappa shape index (κ2) is 8.81. The van der Waals surface area contributed by atoms with Crippen molar-refractivity contribution in [1.29, 1.82) is 0 Å². The van der Waals surface area contributed by atoms with Crippen LogP contribution in [0.25, 0.3) is 22.2 Å². The number of ether oxygens (including phenoxy) is 1. The lowest BCUT2D eigenvalue weighted by atomic mass is 9.98. The topological polar surface area (TPSA) is 92.3 Å². The zero-order chi connectivity index (χ0) is 23.8. The van der Waals surface area contributed by atoms with E-state index in [0.717, 1.165) is 27.8 Å². The molecule has 1 atom stereocenters. The van der Waals surface area contributed by atoms with Crippen molar-refractivity contribution in [1.82, 2.24) is 19.9 Å². The molecule has 1 aliphatic heterocycles. The first-order valence-corrected chi connectivity index (χ1v) is 10.4. The van der Waals surface area contributed by atoms with Gasteiger partial charge in [-0.3, -0.25) is 4.74 Å². The molecule has 0 aliphatic carbocycles. The van der Waals surface area contributed by atoms with Crippen molar-refractivity contribution in [2.75, 3.05) is 30.8 Å². The zero-order valence-electron chi connectivity index (χ0n) is 18.3. The van der Waals surface area contributed by atoms with Crippen molar-refractivity contribution >= 4 is 28.7 Å². The summed E-state index contributed by atoms with van der Waals surface area (Å²) in [6.45, 7) is 3.90. The Morgan fingerprint density at radius 2 is 1.97 bits per heavy atom. The summed E-state index contributed by atoms with van der Waals surface area (Å²) in [5, 5.41) is 6.43. The average molecular weight is 460 g/mol. The number of carbonyl (C=O) groups excluding carboxylic acids is 1. The number of pyridine rings is 1. The number of likely N-dealkylation sites (tertiary alicyclic amines) is 1. The molecule has 1 aliphatic rings. The Bertz CT molecular complexity index is 1200. The van der Waals surface area contributed by atoms with E-state index in [-0.39, 0.29) is 19.5 Å². The number of hydrogen-bond donors (Lipinski definition) is 2. The lowest BCUT2D eigenvalue weighted by Crippen LogP contribution is -2.35. The average Bonchev–Trinajstić information content (AvgIpc) is 3.21. The third-order valence-corrected chi connectivity index (χ3v) is 5.49. The van der Waals surface area contributed by atoms with Crippen molar-refractivity contribution in [3.8, 4) is 11.1 Å². The minimum atomic E-state index is -4.71. The Balaban J connectivity index is 1.55. The van der Waals surface area contributed by atoms with Gasteiger partial charge in [-0.1, -0.05) is 6.07 Å². The first kappa shape index (κ1) is 22.7. The van der Waals surface area contributed by atoms with Crippen LogP contribution < -0.4 is 10.6 Å². The van der Waals surface area contributed by atoms with Crippen molar-refractivity contribution < 1.29 is 22.7 Å². The van der Waals surface area contributed by atoms with Crippen LogP contribution in [0.3, 0.4) is 0 Å². The maximum Gasteiger partial charge on any atom is 0.522 e. The molecule has 0 saturated carbocycles.